The Morgan fingerprint density at radius 3 is 2.36 bits per heavy atom. The van der Waals surface area contributed by atoms with Gasteiger partial charge in [-0.3, -0.25) is 14.4 Å². The highest BCUT2D eigenvalue weighted by Gasteiger charge is 2.75. The van der Waals surface area contributed by atoms with E-state index in [1.807, 2.05) is 94.5 Å². The minimum atomic E-state index is -1.42. The second kappa shape index (κ2) is 11.5. The molecule has 6 rings (SSSR count). The van der Waals surface area contributed by atoms with Gasteiger partial charge in [-0.2, -0.15) is 0 Å². The lowest BCUT2D eigenvalue weighted by Gasteiger charge is -2.40. The van der Waals surface area contributed by atoms with Crippen molar-refractivity contribution < 1.29 is 24.2 Å². The summed E-state index contributed by atoms with van der Waals surface area (Å²) in [6.45, 7) is 8.44. The lowest BCUT2D eigenvalue weighted by molar-refractivity contribution is -0.151. The monoisotopic (exact) mass is 617 g/mol. The molecule has 6 atom stereocenters. The molecule has 44 heavy (non-hydrogen) atoms. The molecule has 4 aliphatic heterocycles. The fraction of sp³-hybridized carbons (Fsp3) is 0.457. The van der Waals surface area contributed by atoms with E-state index in [1.165, 1.54) is 4.90 Å². The number of amides is 3. The summed E-state index contributed by atoms with van der Waals surface area (Å²) in [6, 6.07) is 13.5. The van der Waals surface area contributed by atoms with Crippen molar-refractivity contribution in [2.45, 2.75) is 63.9 Å². The van der Waals surface area contributed by atoms with E-state index in [1.54, 1.807) is 15.9 Å². The SMILES string of the molecule is Cc1cccc(Cl)c1N1CC=C[C@]23O[C@@]4(C)C=CCN(Cc5ccccc5)C(=O)[C@H]4[C@H]2C(=O)N([C@@H](CO)CC(C)C)C3C1=O. The molecule has 8 nitrogen and oxygen atoms in total. The van der Waals surface area contributed by atoms with Crippen LogP contribution in [0.5, 0.6) is 0 Å². The van der Waals surface area contributed by atoms with Crippen molar-refractivity contribution in [1.82, 2.24) is 9.80 Å². The number of aliphatic hydroxyl groups is 1. The van der Waals surface area contributed by atoms with Crippen LogP contribution in [0.25, 0.3) is 0 Å². The molecule has 1 N–H and O–H groups in total. The molecule has 1 spiro atoms. The maximum atomic E-state index is 14.9. The molecule has 1 unspecified atom stereocenters. The Balaban J connectivity index is 1.48. The van der Waals surface area contributed by atoms with Gasteiger partial charge in [0.15, 0.2) is 0 Å². The number of hydrogen-bond acceptors (Lipinski definition) is 5. The summed E-state index contributed by atoms with van der Waals surface area (Å²) < 4.78 is 6.97. The molecule has 2 fully saturated rings. The van der Waals surface area contributed by atoms with Gasteiger partial charge in [-0.1, -0.05) is 92.2 Å². The topological polar surface area (TPSA) is 90.4 Å². The van der Waals surface area contributed by atoms with Crippen LogP contribution in [-0.4, -0.2) is 75.6 Å². The molecule has 232 valence electrons. The van der Waals surface area contributed by atoms with Gasteiger partial charge in [0.2, 0.25) is 11.8 Å². The van der Waals surface area contributed by atoms with Gasteiger partial charge in [-0.05, 0) is 43.4 Å². The Morgan fingerprint density at radius 1 is 0.955 bits per heavy atom. The number of nitrogens with zero attached hydrogens (tertiary/aromatic N) is 3. The standard InChI is InChI=1S/C35H40ClN3O5/c1-22(2)19-25(21-40)39-30-33(43)38(29-23(3)11-8-14-26(29)36)18-10-16-35(30)28(32(39)42)27-31(41)37(17-9-15-34(27,4)44-35)20-24-12-6-5-7-13-24/h5-16,22,25,27-28,30,40H,17-21H2,1-4H3/t25-,27-,28+,30?,34+,35+/m1/s1. The van der Waals surface area contributed by atoms with E-state index in [9.17, 15) is 19.5 Å². The fourth-order valence-corrected chi connectivity index (χ4v) is 8.16. The van der Waals surface area contributed by atoms with E-state index in [4.69, 9.17) is 16.3 Å². The van der Waals surface area contributed by atoms with Crippen LogP contribution in [0, 0.1) is 24.7 Å². The quantitative estimate of drug-likeness (QED) is 0.461. The predicted molar refractivity (Wildman–Crippen MR) is 169 cm³/mol. The summed E-state index contributed by atoms with van der Waals surface area (Å²) in [5, 5.41) is 11.1. The number of benzene rings is 2. The second-order valence-corrected chi connectivity index (χ2v) is 13.5. The predicted octanol–water partition coefficient (Wildman–Crippen LogP) is 4.53. The zero-order valence-corrected chi connectivity index (χ0v) is 26.4. The maximum absolute atomic E-state index is 14.9. The minimum Gasteiger partial charge on any atom is -0.394 e. The number of likely N-dealkylation sites (tertiary alicyclic amines) is 1. The minimum absolute atomic E-state index is 0.143. The summed E-state index contributed by atoms with van der Waals surface area (Å²) >= 11 is 6.67. The van der Waals surface area contributed by atoms with Crippen molar-refractivity contribution in [3.63, 3.8) is 0 Å². The van der Waals surface area contributed by atoms with E-state index >= 15 is 0 Å². The number of carbonyl (C=O) groups is 3. The van der Waals surface area contributed by atoms with Crippen molar-refractivity contribution in [2.24, 2.45) is 17.8 Å². The first kappa shape index (κ1) is 30.6. The van der Waals surface area contributed by atoms with Crippen molar-refractivity contribution in [3.05, 3.63) is 89.0 Å². The third-order valence-corrected chi connectivity index (χ3v) is 9.91. The van der Waals surface area contributed by atoms with Crippen LogP contribution in [0.15, 0.2) is 72.8 Å². The van der Waals surface area contributed by atoms with Crippen molar-refractivity contribution in [1.29, 1.82) is 0 Å². The summed E-state index contributed by atoms with van der Waals surface area (Å²) in [4.78, 5) is 49.1. The third kappa shape index (κ3) is 4.78. The molecule has 2 aromatic rings. The fourth-order valence-electron chi connectivity index (χ4n) is 7.84. The largest absolute Gasteiger partial charge is 0.394 e. The summed E-state index contributed by atoms with van der Waals surface area (Å²) in [5.74, 6) is -2.56. The average molecular weight is 618 g/mol. The lowest BCUT2D eigenvalue weighted by atomic mass is 9.74. The Hall–Kier alpha value is -3.46. The van der Waals surface area contributed by atoms with Crippen LogP contribution in [-0.2, 0) is 25.7 Å². The van der Waals surface area contributed by atoms with Gasteiger partial charge in [0.05, 0.1) is 40.8 Å². The van der Waals surface area contributed by atoms with E-state index < -0.39 is 35.1 Å². The maximum Gasteiger partial charge on any atom is 0.253 e. The molecule has 4 heterocycles. The van der Waals surface area contributed by atoms with Gasteiger partial charge < -0.3 is 24.5 Å². The number of para-hydroxylation sites is 1. The number of hydrogen-bond donors (Lipinski definition) is 1. The van der Waals surface area contributed by atoms with Gasteiger partial charge in [0, 0.05) is 19.6 Å². The number of halogens is 1. The van der Waals surface area contributed by atoms with Crippen LogP contribution in [0.3, 0.4) is 0 Å². The van der Waals surface area contributed by atoms with E-state index in [0.29, 0.717) is 30.2 Å². The van der Waals surface area contributed by atoms with Gasteiger partial charge in [0.25, 0.3) is 5.91 Å². The number of anilines is 1. The van der Waals surface area contributed by atoms with Crippen molar-refractivity contribution >= 4 is 35.0 Å². The second-order valence-electron chi connectivity index (χ2n) is 13.1. The molecular formula is C35H40ClN3O5. The lowest BCUT2D eigenvalue weighted by Crippen LogP contribution is -2.59. The Kier molecular flexibility index (Phi) is 7.97. The van der Waals surface area contributed by atoms with Crippen molar-refractivity contribution in [3.8, 4) is 0 Å². The highest BCUT2D eigenvalue weighted by molar-refractivity contribution is 6.34. The van der Waals surface area contributed by atoms with Crippen LogP contribution in [0.2, 0.25) is 5.02 Å². The molecule has 3 amide bonds. The molecule has 0 aromatic heterocycles. The van der Waals surface area contributed by atoms with Crippen molar-refractivity contribution in [2.75, 3.05) is 24.6 Å². The number of carbonyl (C=O) groups excluding carboxylic acids is 3. The number of aliphatic hydroxyl groups excluding tert-OH is 1. The number of ether oxygens (including phenoxy) is 1. The molecule has 9 heteroatoms. The molecule has 0 aliphatic carbocycles. The van der Waals surface area contributed by atoms with Gasteiger partial charge in [0.1, 0.15) is 11.6 Å². The van der Waals surface area contributed by atoms with E-state index in [-0.39, 0.29) is 36.8 Å². The highest BCUT2D eigenvalue weighted by Crippen LogP contribution is 2.58. The van der Waals surface area contributed by atoms with E-state index in [2.05, 4.69) is 0 Å². The number of aryl methyl sites for hydroxylation is 1. The molecule has 0 radical (unpaired) electrons. The normalized spacial score (nSPS) is 30.4. The Morgan fingerprint density at radius 2 is 1.68 bits per heavy atom. The highest BCUT2D eigenvalue weighted by atomic mass is 35.5. The number of fused-ring (bicyclic) bond motifs is 2. The molecule has 4 aliphatic rings. The smallest absolute Gasteiger partial charge is 0.253 e. The van der Waals surface area contributed by atoms with E-state index in [0.717, 1.165) is 11.1 Å². The first-order valence-corrected chi connectivity index (χ1v) is 15.8. The summed E-state index contributed by atoms with van der Waals surface area (Å²) in [5.41, 5.74) is -0.166. The first-order chi connectivity index (χ1) is 21.0. The summed E-state index contributed by atoms with van der Waals surface area (Å²) in [6.07, 6.45) is 7.98. The van der Waals surface area contributed by atoms with Gasteiger partial charge in [-0.15, -0.1) is 0 Å². The van der Waals surface area contributed by atoms with Crippen LogP contribution in [0.4, 0.5) is 5.69 Å². The molecule has 2 aromatic carbocycles. The molecule has 2 saturated heterocycles. The van der Waals surface area contributed by atoms with Crippen LogP contribution < -0.4 is 4.90 Å². The molecule has 0 bridgehead atoms. The van der Waals surface area contributed by atoms with Crippen LogP contribution in [0.1, 0.15) is 38.3 Å². The Bertz CT molecular complexity index is 1510. The first-order valence-electron chi connectivity index (χ1n) is 15.4. The number of rotatable bonds is 7. The Labute approximate surface area is 263 Å². The van der Waals surface area contributed by atoms with Crippen LogP contribution >= 0.6 is 11.6 Å². The van der Waals surface area contributed by atoms with Gasteiger partial charge in [-0.25, -0.2) is 0 Å². The third-order valence-electron chi connectivity index (χ3n) is 9.60. The average Bonchev–Trinajstić information content (AvgIpc) is 3.26. The van der Waals surface area contributed by atoms with Gasteiger partial charge >= 0.3 is 0 Å². The zero-order valence-electron chi connectivity index (χ0n) is 25.7. The summed E-state index contributed by atoms with van der Waals surface area (Å²) in [7, 11) is 0. The molecular weight excluding hydrogens is 578 g/mol. The molecule has 0 saturated carbocycles. The zero-order chi connectivity index (χ0) is 31.4.